The summed E-state index contributed by atoms with van der Waals surface area (Å²) in [5.41, 5.74) is 0.605. The topological polar surface area (TPSA) is 20.2 Å². The summed E-state index contributed by atoms with van der Waals surface area (Å²) in [6.07, 6.45) is -0.629. The van der Waals surface area contributed by atoms with Crippen LogP contribution in [0.5, 0.6) is 0 Å². The smallest absolute Gasteiger partial charge is 0.137 e. The second-order valence-corrected chi connectivity index (χ2v) is 5.69. The van der Waals surface area contributed by atoms with E-state index in [1.165, 1.54) is 17.8 Å². The monoisotopic (exact) mass is 254 g/mol. The van der Waals surface area contributed by atoms with Crippen LogP contribution >= 0.6 is 23.1 Å². The van der Waals surface area contributed by atoms with E-state index in [4.69, 9.17) is 0 Å². The van der Waals surface area contributed by atoms with Crippen LogP contribution in [0.25, 0.3) is 0 Å². The lowest BCUT2D eigenvalue weighted by molar-refractivity contribution is 0.198. The number of halogens is 1. The molecule has 1 atom stereocenters. The van der Waals surface area contributed by atoms with Crippen molar-refractivity contribution < 1.29 is 9.50 Å². The summed E-state index contributed by atoms with van der Waals surface area (Å²) in [4.78, 5) is 0.590. The van der Waals surface area contributed by atoms with Crippen molar-refractivity contribution in [2.45, 2.75) is 22.1 Å². The van der Waals surface area contributed by atoms with E-state index in [1.807, 2.05) is 17.5 Å². The summed E-state index contributed by atoms with van der Waals surface area (Å²) in [5, 5.41) is 11.3. The van der Waals surface area contributed by atoms with E-state index in [1.54, 1.807) is 30.4 Å². The van der Waals surface area contributed by atoms with Gasteiger partial charge in [0, 0.05) is 4.90 Å². The Morgan fingerprint density at radius 3 is 2.75 bits per heavy atom. The molecule has 0 fully saturated rings. The third-order valence-corrected chi connectivity index (χ3v) is 4.23. The quantitative estimate of drug-likeness (QED) is 0.890. The number of rotatable bonds is 3. The van der Waals surface area contributed by atoms with Crippen molar-refractivity contribution in [3.05, 3.63) is 47.1 Å². The number of benzene rings is 1. The molecule has 0 unspecified atom stereocenters. The Labute approximate surface area is 102 Å². The first-order chi connectivity index (χ1) is 7.66. The van der Waals surface area contributed by atoms with Crippen molar-refractivity contribution in [1.29, 1.82) is 0 Å². The lowest BCUT2D eigenvalue weighted by atomic mass is 10.1. The van der Waals surface area contributed by atoms with Crippen LogP contribution in [0.3, 0.4) is 0 Å². The maximum atomic E-state index is 13.7. The Morgan fingerprint density at radius 1 is 1.38 bits per heavy atom. The maximum absolute atomic E-state index is 13.7. The molecule has 84 valence electrons. The minimum Gasteiger partial charge on any atom is -0.389 e. The first-order valence-electron chi connectivity index (χ1n) is 4.85. The van der Waals surface area contributed by atoms with Gasteiger partial charge >= 0.3 is 0 Å². The molecule has 0 amide bonds. The van der Waals surface area contributed by atoms with Gasteiger partial charge in [-0.2, -0.15) is 0 Å². The highest BCUT2D eigenvalue weighted by Gasteiger charge is 2.08. The molecule has 0 bridgehead atoms. The van der Waals surface area contributed by atoms with Crippen LogP contribution in [0.4, 0.5) is 4.39 Å². The van der Waals surface area contributed by atoms with Gasteiger partial charge in [-0.15, -0.1) is 11.3 Å². The van der Waals surface area contributed by atoms with Gasteiger partial charge in [0.05, 0.1) is 10.3 Å². The molecule has 1 aromatic carbocycles. The highest BCUT2D eigenvalue weighted by atomic mass is 32.2. The normalized spacial score (nSPS) is 12.7. The largest absolute Gasteiger partial charge is 0.389 e. The number of hydrogen-bond acceptors (Lipinski definition) is 3. The molecule has 4 heteroatoms. The molecule has 0 saturated heterocycles. The molecule has 1 nitrogen and oxygen atoms in total. The predicted octanol–water partition coefficient (Wildman–Crippen LogP) is 4.09. The van der Waals surface area contributed by atoms with E-state index in [2.05, 4.69) is 0 Å². The van der Waals surface area contributed by atoms with Crippen LogP contribution in [0.15, 0.2) is 44.8 Å². The summed E-state index contributed by atoms with van der Waals surface area (Å²) in [6.45, 7) is 1.63. The fourth-order valence-corrected chi connectivity index (χ4v) is 3.02. The number of hydrogen-bond donors (Lipinski definition) is 1. The third kappa shape index (κ3) is 2.64. The zero-order valence-electron chi connectivity index (χ0n) is 8.68. The van der Waals surface area contributed by atoms with Crippen LogP contribution in [0.1, 0.15) is 18.6 Å². The highest BCUT2D eigenvalue weighted by Crippen LogP contribution is 2.33. The maximum Gasteiger partial charge on any atom is 0.137 e. The van der Waals surface area contributed by atoms with E-state index in [9.17, 15) is 9.50 Å². The van der Waals surface area contributed by atoms with E-state index >= 15 is 0 Å². The Hall–Kier alpha value is -0.840. The van der Waals surface area contributed by atoms with E-state index in [-0.39, 0.29) is 5.82 Å². The molecule has 0 saturated carbocycles. The zero-order chi connectivity index (χ0) is 11.5. The average molecular weight is 254 g/mol. The number of aliphatic hydroxyl groups is 1. The molecule has 0 radical (unpaired) electrons. The summed E-state index contributed by atoms with van der Waals surface area (Å²) in [7, 11) is 0. The summed E-state index contributed by atoms with van der Waals surface area (Å²) >= 11 is 2.99. The van der Waals surface area contributed by atoms with Gasteiger partial charge in [0.2, 0.25) is 0 Å². The molecule has 0 aliphatic carbocycles. The van der Waals surface area contributed by atoms with Crippen LogP contribution in [-0.4, -0.2) is 5.11 Å². The number of thiophene rings is 1. The Balaban J connectivity index is 2.23. The van der Waals surface area contributed by atoms with Crippen molar-refractivity contribution in [3.8, 4) is 0 Å². The molecule has 0 spiro atoms. The van der Waals surface area contributed by atoms with Gasteiger partial charge in [0.25, 0.3) is 0 Å². The molecular weight excluding hydrogens is 243 g/mol. The fourth-order valence-electron chi connectivity index (χ4n) is 1.29. The highest BCUT2D eigenvalue weighted by molar-refractivity contribution is 8.01. The Bertz CT molecular complexity index is 466. The number of aliphatic hydroxyl groups excluding tert-OH is 1. The van der Waals surface area contributed by atoms with E-state index in [0.717, 1.165) is 4.21 Å². The lowest BCUT2D eigenvalue weighted by Crippen LogP contribution is -1.92. The molecule has 0 aliphatic rings. The summed E-state index contributed by atoms with van der Waals surface area (Å²) in [6, 6.07) is 8.75. The minimum absolute atomic E-state index is 0.281. The van der Waals surface area contributed by atoms with Gasteiger partial charge in [-0.05, 0) is 36.1 Å². The van der Waals surface area contributed by atoms with Crippen molar-refractivity contribution in [1.82, 2.24) is 0 Å². The third-order valence-electron chi connectivity index (χ3n) is 2.14. The Kier molecular flexibility index (Phi) is 3.63. The molecular formula is C12H11FOS2. The summed E-state index contributed by atoms with van der Waals surface area (Å²) < 4.78 is 14.7. The second kappa shape index (κ2) is 4.99. The Morgan fingerprint density at radius 2 is 2.19 bits per heavy atom. The van der Waals surface area contributed by atoms with Gasteiger partial charge < -0.3 is 5.11 Å². The van der Waals surface area contributed by atoms with Gasteiger partial charge in [-0.25, -0.2) is 4.39 Å². The molecule has 2 aromatic rings. The van der Waals surface area contributed by atoms with Crippen molar-refractivity contribution >= 4 is 23.1 Å². The second-order valence-electron chi connectivity index (χ2n) is 3.40. The van der Waals surface area contributed by atoms with Gasteiger partial charge in [-0.3, -0.25) is 0 Å². The van der Waals surface area contributed by atoms with Crippen LogP contribution in [-0.2, 0) is 0 Å². The molecule has 1 aromatic heterocycles. The molecule has 1 heterocycles. The predicted molar refractivity (Wildman–Crippen MR) is 65.5 cm³/mol. The molecule has 0 aliphatic heterocycles. The van der Waals surface area contributed by atoms with Gasteiger partial charge in [-0.1, -0.05) is 23.9 Å². The van der Waals surface area contributed by atoms with E-state index < -0.39 is 6.10 Å². The fraction of sp³-hybridized carbons (Fsp3) is 0.167. The standard InChI is InChI=1S/C12H11FOS2/c1-8(14)9-4-5-11(10(13)7-9)16-12-3-2-6-15-12/h2-8,14H,1H3/t8-/m0/s1. The van der Waals surface area contributed by atoms with Crippen molar-refractivity contribution in [2.24, 2.45) is 0 Å². The molecule has 16 heavy (non-hydrogen) atoms. The van der Waals surface area contributed by atoms with E-state index in [0.29, 0.717) is 10.5 Å². The van der Waals surface area contributed by atoms with Crippen LogP contribution in [0.2, 0.25) is 0 Å². The lowest BCUT2D eigenvalue weighted by Gasteiger charge is -2.07. The zero-order valence-corrected chi connectivity index (χ0v) is 10.3. The molecule has 1 N–H and O–H groups in total. The van der Waals surface area contributed by atoms with Gasteiger partial charge in [0.1, 0.15) is 5.82 Å². The first kappa shape index (κ1) is 11.6. The average Bonchev–Trinajstić information content (AvgIpc) is 2.73. The SMILES string of the molecule is C[C@H](O)c1ccc(Sc2cccs2)c(F)c1. The van der Waals surface area contributed by atoms with Crippen LogP contribution in [0, 0.1) is 5.82 Å². The van der Waals surface area contributed by atoms with Crippen LogP contribution < -0.4 is 0 Å². The minimum atomic E-state index is -0.629. The van der Waals surface area contributed by atoms with Crippen molar-refractivity contribution in [3.63, 3.8) is 0 Å². The first-order valence-corrected chi connectivity index (χ1v) is 6.55. The molecule has 2 rings (SSSR count). The van der Waals surface area contributed by atoms with Gasteiger partial charge in [0.15, 0.2) is 0 Å². The summed E-state index contributed by atoms with van der Waals surface area (Å²) in [5.74, 6) is -0.281. The van der Waals surface area contributed by atoms with Crippen molar-refractivity contribution in [2.75, 3.05) is 0 Å².